The van der Waals surface area contributed by atoms with Crippen LogP contribution < -0.4 is 5.32 Å². The first-order valence-corrected chi connectivity index (χ1v) is 6.69. The van der Waals surface area contributed by atoms with E-state index in [1.54, 1.807) is 12.1 Å². The highest BCUT2D eigenvalue weighted by molar-refractivity contribution is 6.44. The molecule has 0 heterocycles. The third-order valence-electron chi connectivity index (χ3n) is 2.61. The van der Waals surface area contributed by atoms with Crippen molar-refractivity contribution >= 4 is 34.8 Å². The maximum absolute atomic E-state index is 6.12. The van der Waals surface area contributed by atoms with Gasteiger partial charge in [-0.2, -0.15) is 0 Å². The van der Waals surface area contributed by atoms with Crippen LogP contribution in [-0.2, 0) is 13.1 Å². The van der Waals surface area contributed by atoms with Crippen molar-refractivity contribution in [1.29, 1.82) is 0 Å². The molecule has 2 rings (SSSR count). The lowest BCUT2D eigenvalue weighted by Crippen LogP contribution is -2.13. The molecule has 0 fully saturated rings. The quantitative estimate of drug-likeness (QED) is 0.789. The number of rotatable bonds is 4. The van der Waals surface area contributed by atoms with Crippen molar-refractivity contribution in [2.24, 2.45) is 0 Å². The Morgan fingerprint density at radius 3 is 2.17 bits per heavy atom. The topological polar surface area (TPSA) is 12.0 Å². The minimum Gasteiger partial charge on any atom is -0.309 e. The summed E-state index contributed by atoms with van der Waals surface area (Å²) in [4.78, 5) is 0. The van der Waals surface area contributed by atoms with E-state index in [-0.39, 0.29) is 0 Å². The molecule has 1 nitrogen and oxygen atoms in total. The summed E-state index contributed by atoms with van der Waals surface area (Å²) < 4.78 is 0. The zero-order valence-corrected chi connectivity index (χ0v) is 11.9. The highest BCUT2D eigenvalue weighted by atomic mass is 35.5. The molecule has 94 valence electrons. The maximum atomic E-state index is 6.12. The molecule has 0 unspecified atom stereocenters. The highest BCUT2D eigenvalue weighted by Crippen LogP contribution is 2.31. The smallest absolute Gasteiger partial charge is 0.0652 e. The van der Waals surface area contributed by atoms with Gasteiger partial charge in [0.15, 0.2) is 0 Å². The third-order valence-corrected chi connectivity index (χ3v) is 3.81. The van der Waals surface area contributed by atoms with Gasteiger partial charge >= 0.3 is 0 Å². The molecule has 0 aliphatic heterocycles. The Kier molecular flexibility index (Phi) is 4.90. The molecule has 2 aromatic rings. The van der Waals surface area contributed by atoms with Crippen LogP contribution in [0.4, 0.5) is 0 Å². The second-order valence-electron chi connectivity index (χ2n) is 3.91. The zero-order chi connectivity index (χ0) is 13.0. The van der Waals surface area contributed by atoms with E-state index in [9.17, 15) is 0 Å². The molecule has 0 aliphatic rings. The predicted octanol–water partition coefficient (Wildman–Crippen LogP) is 4.94. The minimum atomic E-state index is 0.518. The van der Waals surface area contributed by atoms with E-state index in [0.717, 1.165) is 12.1 Å². The van der Waals surface area contributed by atoms with Crippen LogP contribution in [0.5, 0.6) is 0 Å². The summed E-state index contributed by atoms with van der Waals surface area (Å²) in [5.41, 5.74) is 2.05. The molecule has 18 heavy (non-hydrogen) atoms. The molecule has 2 aromatic carbocycles. The molecule has 0 saturated heterocycles. The summed E-state index contributed by atoms with van der Waals surface area (Å²) in [5, 5.41) is 4.97. The molecule has 0 aliphatic carbocycles. The summed E-state index contributed by atoms with van der Waals surface area (Å²) in [6.45, 7) is 1.35. The van der Waals surface area contributed by atoms with Gasteiger partial charge in [0, 0.05) is 23.7 Å². The predicted molar refractivity (Wildman–Crippen MR) is 78.5 cm³/mol. The standard InChI is InChI=1S/C14H12Cl3N/c15-12-6-7-13(16)14(17)11(12)9-18-8-10-4-2-1-3-5-10/h1-7,18H,8-9H2. The molecule has 0 bridgehead atoms. The van der Waals surface area contributed by atoms with Gasteiger partial charge in [0.25, 0.3) is 0 Å². The summed E-state index contributed by atoms with van der Waals surface area (Å²) in [6.07, 6.45) is 0. The average molecular weight is 301 g/mol. The van der Waals surface area contributed by atoms with E-state index in [1.807, 2.05) is 18.2 Å². The minimum absolute atomic E-state index is 0.518. The van der Waals surface area contributed by atoms with E-state index >= 15 is 0 Å². The Morgan fingerprint density at radius 2 is 1.44 bits per heavy atom. The Bertz CT molecular complexity index is 526. The fourth-order valence-corrected chi connectivity index (χ4v) is 2.34. The third kappa shape index (κ3) is 3.39. The van der Waals surface area contributed by atoms with Crippen molar-refractivity contribution in [2.75, 3.05) is 0 Å². The summed E-state index contributed by atoms with van der Waals surface area (Å²) in [7, 11) is 0. The van der Waals surface area contributed by atoms with Gasteiger partial charge in [-0.05, 0) is 17.7 Å². The number of nitrogens with one attached hydrogen (secondary N) is 1. The molecule has 0 atom stereocenters. The number of hydrogen-bond donors (Lipinski definition) is 1. The number of halogens is 3. The molecule has 0 amide bonds. The first-order valence-electron chi connectivity index (χ1n) is 5.55. The lowest BCUT2D eigenvalue weighted by atomic mass is 10.2. The van der Waals surface area contributed by atoms with Gasteiger partial charge in [-0.15, -0.1) is 0 Å². The summed E-state index contributed by atoms with van der Waals surface area (Å²) in [6, 6.07) is 13.6. The van der Waals surface area contributed by atoms with Gasteiger partial charge in [0.2, 0.25) is 0 Å². The molecule has 4 heteroatoms. The van der Waals surface area contributed by atoms with Crippen LogP contribution >= 0.6 is 34.8 Å². The van der Waals surface area contributed by atoms with Crippen molar-refractivity contribution in [3.63, 3.8) is 0 Å². The lowest BCUT2D eigenvalue weighted by molar-refractivity contribution is 0.694. The Hall–Kier alpha value is -0.730. The van der Waals surface area contributed by atoms with Crippen LogP contribution in [0.3, 0.4) is 0 Å². The Morgan fingerprint density at radius 1 is 0.778 bits per heavy atom. The van der Waals surface area contributed by atoms with Crippen LogP contribution in [0.1, 0.15) is 11.1 Å². The van der Waals surface area contributed by atoms with Crippen LogP contribution in [0.15, 0.2) is 42.5 Å². The molecule has 0 saturated carbocycles. The van der Waals surface area contributed by atoms with Gasteiger partial charge in [-0.25, -0.2) is 0 Å². The Balaban J connectivity index is 2.01. The van der Waals surface area contributed by atoms with E-state index in [4.69, 9.17) is 34.8 Å². The molecular formula is C14H12Cl3N. The number of hydrogen-bond acceptors (Lipinski definition) is 1. The monoisotopic (exact) mass is 299 g/mol. The fraction of sp³-hybridized carbons (Fsp3) is 0.143. The first-order chi connectivity index (χ1) is 8.68. The van der Waals surface area contributed by atoms with Gasteiger partial charge < -0.3 is 5.32 Å². The normalized spacial score (nSPS) is 10.6. The summed E-state index contributed by atoms with van der Waals surface area (Å²) >= 11 is 18.2. The van der Waals surface area contributed by atoms with E-state index in [1.165, 1.54) is 5.56 Å². The second-order valence-corrected chi connectivity index (χ2v) is 5.10. The van der Waals surface area contributed by atoms with Crippen molar-refractivity contribution in [1.82, 2.24) is 5.32 Å². The van der Waals surface area contributed by atoms with Crippen LogP contribution in [0, 0.1) is 0 Å². The zero-order valence-electron chi connectivity index (χ0n) is 9.59. The van der Waals surface area contributed by atoms with Crippen molar-refractivity contribution in [2.45, 2.75) is 13.1 Å². The fourth-order valence-electron chi connectivity index (χ4n) is 1.66. The molecule has 0 spiro atoms. The van der Waals surface area contributed by atoms with Gasteiger partial charge in [0.1, 0.15) is 0 Å². The molecular weight excluding hydrogens is 289 g/mol. The largest absolute Gasteiger partial charge is 0.309 e. The van der Waals surface area contributed by atoms with E-state index in [2.05, 4.69) is 17.4 Å². The molecule has 0 aromatic heterocycles. The number of benzene rings is 2. The molecule has 0 radical (unpaired) electrons. The average Bonchev–Trinajstić information content (AvgIpc) is 2.39. The van der Waals surface area contributed by atoms with Crippen LogP contribution in [0.2, 0.25) is 15.1 Å². The molecule has 1 N–H and O–H groups in total. The van der Waals surface area contributed by atoms with Gasteiger partial charge in [-0.1, -0.05) is 65.1 Å². The van der Waals surface area contributed by atoms with Crippen LogP contribution in [-0.4, -0.2) is 0 Å². The van der Waals surface area contributed by atoms with Gasteiger partial charge in [0.05, 0.1) is 10.0 Å². The van der Waals surface area contributed by atoms with Gasteiger partial charge in [-0.3, -0.25) is 0 Å². The Labute approximate surface area is 122 Å². The summed E-state index contributed by atoms with van der Waals surface area (Å²) in [5.74, 6) is 0. The second kappa shape index (κ2) is 6.44. The van der Waals surface area contributed by atoms with Crippen molar-refractivity contribution in [3.8, 4) is 0 Å². The van der Waals surface area contributed by atoms with Crippen LogP contribution in [0.25, 0.3) is 0 Å². The van der Waals surface area contributed by atoms with Crippen molar-refractivity contribution < 1.29 is 0 Å². The highest BCUT2D eigenvalue weighted by Gasteiger charge is 2.08. The van der Waals surface area contributed by atoms with E-state index in [0.29, 0.717) is 21.6 Å². The van der Waals surface area contributed by atoms with E-state index < -0.39 is 0 Å². The van der Waals surface area contributed by atoms with Crippen molar-refractivity contribution in [3.05, 3.63) is 68.7 Å². The first kappa shape index (κ1) is 13.7. The maximum Gasteiger partial charge on any atom is 0.0652 e. The SMILES string of the molecule is Clc1ccc(Cl)c(CNCc2ccccc2)c1Cl. The lowest BCUT2D eigenvalue weighted by Gasteiger charge is -2.10.